The molecule has 0 fully saturated rings. The number of anilines is 6. The molecule has 343 valence electrons. The van der Waals surface area contributed by atoms with Gasteiger partial charge in [-0.15, -0.1) is 0 Å². The topological polar surface area (TPSA) is 6.48 Å². The number of nitrogens with zero attached hydrogens (tertiary/aromatic N) is 2. The lowest BCUT2D eigenvalue weighted by molar-refractivity contribution is 0.795. The fraction of sp³-hybridized carbons (Fsp3) is 0.281. The molecule has 0 saturated carbocycles. The first kappa shape index (κ1) is 48.9. The SMILES string of the molecule is CCCCc1ccc(N(c2c[c]c(/C=C/c3ccc(/C=C/c4ccc(N(c5ccc(CCCC)cc5)c5cccc(CCCC)c5)cc4[S+](C)C)cc3)cc2)c2ccc(CCCC)cc2)cc1. The smallest absolute Gasteiger partial charge is 0.163 e. The van der Waals surface area contributed by atoms with E-state index < -0.39 is 0 Å². The van der Waals surface area contributed by atoms with Gasteiger partial charge in [0.2, 0.25) is 0 Å². The highest BCUT2D eigenvalue weighted by atomic mass is 32.2. The highest BCUT2D eigenvalue weighted by molar-refractivity contribution is 7.95. The molecule has 67 heavy (non-hydrogen) atoms. The predicted molar refractivity (Wildman–Crippen MR) is 297 cm³/mol. The lowest BCUT2D eigenvalue weighted by Gasteiger charge is -2.26. The second-order valence-corrected chi connectivity index (χ2v) is 20.2. The third-order valence-corrected chi connectivity index (χ3v) is 13.9. The Balaban J connectivity index is 1.07. The lowest BCUT2D eigenvalue weighted by atomic mass is 10.0. The van der Waals surface area contributed by atoms with Crippen LogP contribution in [0.4, 0.5) is 34.1 Å². The third kappa shape index (κ3) is 13.8. The maximum atomic E-state index is 3.58. The molecule has 0 bridgehead atoms. The highest BCUT2D eigenvalue weighted by Crippen LogP contribution is 2.38. The van der Waals surface area contributed by atoms with Gasteiger partial charge in [-0.1, -0.05) is 150 Å². The van der Waals surface area contributed by atoms with Crippen LogP contribution in [0.5, 0.6) is 0 Å². The van der Waals surface area contributed by atoms with Crippen molar-refractivity contribution in [3.8, 4) is 0 Å². The number of aryl methyl sites for hydroxylation is 4. The van der Waals surface area contributed by atoms with Gasteiger partial charge in [0, 0.05) is 51.0 Å². The Morgan fingerprint density at radius 3 is 1.30 bits per heavy atom. The fourth-order valence-electron chi connectivity index (χ4n) is 8.62. The quantitative estimate of drug-likeness (QED) is 0.0466. The van der Waals surface area contributed by atoms with Crippen molar-refractivity contribution in [2.45, 2.75) is 110 Å². The molecule has 0 aliphatic carbocycles. The molecule has 0 aliphatic rings. The minimum atomic E-state index is 0.0499. The second kappa shape index (κ2) is 25.2. The van der Waals surface area contributed by atoms with Gasteiger partial charge in [-0.2, -0.15) is 0 Å². The van der Waals surface area contributed by atoms with Crippen LogP contribution in [0.15, 0.2) is 163 Å². The zero-order chi connectivity index (χ0) is 46.8. The van der Waals surface area contributed by atoms with E-state index in [1.54, 1.807) is 0 Å². The average molecular weight is 901 g/mol. The molecule has 7 rings (SSSR count). The third-order valence-electron chi connectivity index (χ3n) is 12.6. The van der Waals surface area contributed by atoms with Crippen LogP contribution in [-0.2, 0) is 36.6 Å². The summed E-state index contributed by atoms with van der Waals surface area (Å²) in [6, 6.07) is 62.5. The normalized spacial score (nSPS) is 11.6. The molecule has 0 heterocycles. The maximum Gasteiger partial charge on any atom is 0.163 e. The van der Waals surface area contributed by atoms with E-state index in [1.807, 2.05) is 0 Å². The van der Waals surface area contributed by atoms with Gasteiger partial charge in [0.1, 0.15) is 12.5 Å². The molecule has 0 N–H and O–H groups in total. The van der Waals surface area contributed by atoms with Crippen LogP contribution in [0.3, 0.4) is 0 Å². The number of hydrogen-bond acceptors (Lipinski definition) is 2. The van der Waals surface area contributed by atoms with Crippen molar-refractivity contribution in [3.05, 3.63) is 208 Å². The zero-order valence-corrected chi connectivity index (χ0v) is 41.9. The van der Waals surface area contributed by atoms with Gasteiger partial charge in [-0.05, 0) is 175 Å². The summed E-state index contributed by atoms with van der Waals surface area (Å²) in [6.45, 7) is 9.04. The summed E-state index contributed by atoms with van der Waals surface area (Å²) in [5, 5.41) is 0. The van der Waals surface area contributed by atoms with Crippen LogP contribution in [0.25, 0.3) is 24.3 Å². The minimum absolute atomic E-state index is 0.0499. The molecular formula is C64H72N2S+. The van der Waals surface area contributed by atoms with Crippen molar-refractivity contribution in [2.24, 2.45) is 0 Å². The second-order valence-electron chi connectivity index (χ2n) is 18.1. The molecule has 0 aromatic heterocycles. The van der Waals surface area contributed by atoms with Crippen LogP contribution in [0, 0.1) is 6.07 Å². The first-order chi connectivity index (χ1) is 32.8. The Labute approximate surface area is 407 Å². The summed E-state index contributed by atoms with van der Waals surface area (Å²) < 4.78 is 0. The molecule has 1 radical (unpaired) electrons. The highest BCUT2D eigenvalue weighted by Gasteiger charge is 2.20. The molecule has 0 atom stereocenters. The van der Waals surface area contributed by atoms with E-state index in [0.717, 1.165) is 53.9 Å². The Bertz CT molecular complexity index is 2570. The minimum Gasteiger partial charge on any atom is -0.310 e. The number of hydrogen-bond donors (Lipinski definition) is 0. The van der Waals surface area contributed by atoms with Crippen molar-refractivity contribution in [1.29, 1.82) is 0 Å². The van der Waals surface area contributed by atoms with E-state index in [-0.39, 0.29) is 10.9 Å². The first-order valence-electron chi connectivity index (χ1n) is 25.0. The summed E-state index contributed by atoms with van der Waals surface area (Å²) in [4.78, 5) is 6.16. The summed E-state index contributed by atoms with van der Waals surface area (Å²) in [5.74, 6) is 0. The largest absolute Gasteiger partial charge is 0.310 e. The molecule has 7 aromatic rings. The monoisotopic (exact) mass is 901 g/mol. The lowest BCUT2D eigenvalue weighted by Crippen LogP contribution is -2.12. The van der Waals surface area contributed by atoms with Crippen LogP contribution in [0.1, 0.15) is 124 Å². The standard InChI is InChI=1S/C64H72N2S/c1-7-11-16-50-29-39-58(40-30-50)65(59-41-31-51(32-42-59)17-12-8-2)60-45-35-55(36-46-60)27-24-53-22-25-54(26-23-53)28-37-57-38-47-63(49-64(57)67(5)6)66(61-43-33-52(34-44-61)18-13-9-3)62-21-15-20-56(48-62)19-14-10-4/h15,20-35,37-49H,7-14,16-19H2,1-6H3/q+1/b27-24+,37-28+. The first-order valence-corrected chi connectivity index (χ1v) is 27.1. The van der Waals surface area contributed by atoms with Crippen molar-refractivity contribution in [3.63, 3.8) is 0 Å². The van der Waals surface area contributed by atoms with Gasteiger partial charge in [0.25, 0.3) is 0 Å². The fourth-order valence-corrected chi connectivity index (χ4v) is 9.58. The Hall–Kier alpha value is -6.03. The Morgan fingerprint density at radius 2 is 0.836 bits per heavy atom. The summed E-state index contributed by atoms with van der Waals surface area (Å²) in [5.41, 5.74) is 17.3. The van der Waals surface area contributed by atoms with E-state index in [1.165, 1.54) is 107 Å². The summed E-state index contributed by atoms with van der Waals surface area (Å²) >= 11 is 0. The van der Waals surface area contributed by atoms with Gasteiger partial charge < -0.3 is 9.80 Å². The molecule has 3 heteroatoms. The number of unbranched alkanes of at least 4 members (excludes halogenated alkanes) is 4. The van der Waals surface area contributed by atoms with E-state index in [0.29, 0.717) is 0 Å². The molecule has 0 aliphatic heterocycles. The van der Waals surface area contributed by atoms with Crippen molar-refractivity contribution < 1.29 is 0 Å². The van der Waals surface area contributed by atoms with Gasteiger partial charge in [0.05, 0.1) is 5.69 Å². The van der Waals surface area contributed by atoms with E-state index in [9.17, 15) is 0 Å². The van der Waals surface area contributed by atoms with E-state index in [2.05, 4.69) is 238 Å². The van der Waals surface area contributed by atoms with Crippen molar-refractivity contribution >= 4 is 69.3 Å². The van der Waals surface area contributed by atoms with Crippen LogP contribution < -0.4 is 9.80 Å². The predicted octanol–water partition coefficient (Wildman–Crippen LogP) is 18.4. The average Bonchev–Trinajstić information content (AvgIpc) is 3.37. The Kier molecular flexibility index (Phi) is 18.4. The number of rotatable bonds is 23. The van der Waals surface area contributed by atoms with Crippen LogP contribution in [-0.4, -0.2) is 12.5 Å². The van der Waals surface area contributed by atoms with Crippen LogP contribution in [0.2, 0.25) is 0 Å². The summed E-state index contributed by atoms with van der Waals surface area (Å²) in [7, 11) is 0.0499. The van der Waals surface area contributed by atoms with Crippen molar-refractivity contribution in [1.82, 2.24) is 0 Å². The van der Waals surface area contributed by atoms with Crippen molar-refractivity contribution in [2.75, 3.05) is 22.3 Å². The molecule has 0 spiro atoms. The molecule has 2 nitrogen and oxygen atoms in total. The zero-order valence-electron chi connectivity index (χ0n) is 41.1. The van der Waals surface area contributed by atoms with Gasteiger partial charge in [-0.25, -0.2) is 0 Å². The molecular weight excluding hydrogens is 829 g/mol. The van der Waals surface area contributed by atoms with Crippen LogP contribution >= 0.6 is 0 Å². The summed E-state index contributed by atoms with van der Waals surface area (Å²) in [6.07, 6.45) is 27.7. The Morgan fingerprint density at radius 1 is 0.403 bits per heavy atom. The molecule has 0 unspecified atom stereocenters. The molecule has 7 aromatic carbocycles. The number of benzene rings is 7. The van der Waals surface area contributed by atoms with E-state index in [4.69, 9.17) is 0 Å². The molecule has 0 amide bonds. The van der Waals surface area contributed by atoms with E-state index >= 15 is 0 Å². The maximum absolute atomic E-state index is 3.58. The van der Waals surface area contributed by atoms with Gasteiger partial charge in [0.15, 0.2) is 4.90 Å². The van der Waals surface area contributed by atoms with Gasteiger partial charge in [-0.3, -0.25) is 0 Å². The van der Waals surface area contributed by atoms with Gasteiger partial charge >= 0.3 is 0 Å². The molecule has 0 saturated heterocycles.